The predicted molar refractivity (Wildman–Crippen MR) is 99.6 cm³/mol. The lowest BCUT2D eigenvalue weighted by molar-refractivity contribution is -0.154. The number of nitrogens with zero attached hydrogens (tertiary/aromatic N) is 2. The fraction of sp³-hybridized carbons (Fsp3) is 0.400. The van der Waals surface area contributed by atoms with Crippen LogP contribution in [-0.4, -0.2) is 34.4 Å². The summed E-state index contributed by atoms with van der Waals surface area (Å²) < 4.78 is 41.1. The van der Waals surface area contributed by atoms with Crippen molar-refractivity contribution in [2.75, 3.05) is 6.61 Å². The number of hydrogen-bond acceptors (Lipinski definition) is 5. The number of ether oxygens (including phenoxy) is 1. The maximum Gasteiger partial charge on any atom is 0.422 e. The average molecular weight is 409 g/mol. The summed E-state index contributed by atoms with van der Waals surface area (Å²) in [6.45, 7) is 3.81. The zero-order valence-electron chi connectivity index (χ0n) is 16.3. The summed E-state index contributed by atoms with van der Waals surface area (Å²) in [6, 6.07) is 5.60. The number of Topliss-reactive ketones (excluding diaryl/α,β-unsaturated/α-hetero) is 1. The highest BCUT2D eigenvalue weighted by atomic mass is 19.4. The van der Waals surface area contributed by atoms with E-state index in [4.69, 9.17) is 0 Å². The smallest absolute Gasteiger partial charge is 0.422 e. The number of aryl methyl sites for hydroxylation is 1. The predicted octanol–water partition coefficient (Wildman–Crippen LogP) is 3.74. The molecule has 0 spiro atoms. The number of amides is 1. The molecule has 156 valence electrons. The molecule has 1 unspecified atom stereocenters. The van der Waals surface area contributed by atoms with Crippen molar-refractivity contribution in [2.45, 2.75) is 45.8 Å². The normalized spacial score (nSPS) is 12.3. The average Bonchev–Trinajstić information content (AvgIpc) is 2.65. The van der Waals surface area contributed by atoms with Crippen molar-refractivity contribution in [2.24, 2.45) is 0 Å². The molecule has 0 aliphatic carbocycles. The highest BCUT2D eigenvalue weighted by Crippen LogP contribution is 2.19. The van der Waals surface area contributed by atoms with Crippen molar-refractivity contribution in [3.05, 3.63) is 53.0 Å². The number of alkyl halides is 3. The number of hydrogen-bond donors (Lipinski definition) is 1. The van der Waals surface area contributed by atoms with Crippen LogP contribution in [0.2, 0.25) is 0 Å². The number of pyridine rings is 2. The Morgan fingerprint density at radius 2 is 1.97 bits per heavy atom. The van der Waals surface area contributed by atoms with E-state index >= 15 is 0 Å². The molecule has 2 rings (SSSR count). The topological polar surface area (TPSA) is 81.2 Å². The molecule has 29 heavy (non-hydrogen) atoms. The van der Waals surface area contributed by atoms with E-state index in [2.05, 4.69) is 20.0 Å². The number of carbonyl (C=O) groups excluding carboxylic acids is 2. The van der Waals surface area contributed by atoms with E-state index < -0.39 is 18.8 Å². The molecule has 9 heteroatoms. The zero-order valence-corrected chi connectivity index (χ0v) is 16.3. The summed E-state index contributed by atoms with van der Waals surface area (Å²) in [5.74, 6) is -0.480. The van der Waals surface area contributed by atoms with Gasteiger partial charge in [0.25, 0.3) is 5.91 Å². The molecule has 0 aromatic carbocycles. The number of aromatic nitrogens is 2. The molecule has 1 amide bonds. The maximum atomic E-state index is 12.6. The second-order valence-corrected chi connectivity index (χ2v) is 6.59. The minimum atomic E-state index is -4.44. The van der Waals surface area contributed by atoms with E-state index in [1.165, 1.54) is 18.3 Å². The lowest BCUT2D eigenvalue weighted by atomic mass is 10.1. The van der Waals surface area contributed by atoms with Gasteiger partial charge in [-0.05, 0) is 31.5 Å². The third-order valence-corrected chi connectivity index (χ3v) is 4.03. The van der Waals surface area contributed by atoms with Crippen molar-refractivity contribution in [1.29, 1.82) is 0 Å². The SMILES string of the molecule is CCC(=O)Cc1cc(C(=O)NC(C)c2ccc(OCC(F)(F)F)nc2)cc(C)n1. The lowest BCUT2D eigenvalue weighted by Gasteiger charge is -2.15. The monoisotopic (exact) mass is 409 g/mol. The highest BCUT2D eigenvalue weighted by Gasteiger charge is 2.28. The van der Waals surface area contributed by atoms with E-state index in [0.717, 1.165) is 0 Å². The Bertz CT molecular complexity index is 868. The van der Waals surface area contributed by atoms with Gasteiger partial charge in [0.2, 0.25) is 5.88 Å². The summed E-state index contributed by atoms with van der Waals surface area (Å²) in [4.78, 5) is 32.3. The van der Waals surface area contributed by atoms with E-state index in [9.17, 15) is 22.8 Å². The number of ketones is 1. The molecule has 0 bridgehead atoms. The summed E-state index contributed by atoms with van der Waals surface area (Å²) in [5, 5.41) is 2.80. The molecule has 0 aliphatic rings. The van der Waals surface area contributed by atoms with Gasteiger partial charge in [0, 0.05) is 42.1 Å². The van der Waals surface area contributed by atoms with E-state index in [0.29, 0.717) is 28.9 Å². The van der Waals surface area contributed by atoms with E-state index in [-0.39, 0.29) is 24.0 Å². The van der Waals surface area contributed by atoms with Crippen LogP contribution in [0, 0.1) is 6.92 Å². The molecule has 1 N–H and O–H groups in total. The first kappa shape index (κ1) is 22.3. The Kier molecular flexibility index (Phi) is 7.30. The van der Waals surface area contributed by atoms with Gasteiger partial charge in [-0.1, -0.05) is 13.0 Å². The second-order valence-electron chi connectivity index (χ2n) is 6.59. The number of halogens is 3. The van der Waals surface area contributed by atoms with Crippen LogP contribution in [0.5, 0.6) is 5.88 Å². The van der Waals surface area contributed by atoms with Crippen LogP contribution < -0.4 is 10.1 Å². The quantitative estimate of drug-likeness (QED) is 0.718. The Morgan fingerprint density at radius 1 is 1.24 bits per heavy atom. The third-order valence-electron chi connectivity index (χ3n) is 4.03. The molecule has 0 saturated carbocycles. The van der Waals surface area contributed by atoms with Gasteiger partial charge in [-0.2, -0.15) is 13.2 Å². The minimum Gasteiger partial charge on any atom is -0.468 e. The fourth-order valence-corrected chi connectivity index (χ4v) is 2.54. The first-order valence-corrected chi connectivity index (χ1v) is 9.03. The Labute approximate surface area is 166 Å². The Balaban J connectivity index is 2.04. The molecule has 1 atom stereocenters. The van der Waals surface area contributed by atoms with Crippen molar-refractivity contribution >= 4 is 11.7 Å². The fourth-order valence-electron chi connectivity index (χ4n) is 2.54. The van der Waals surface area contributed by atoms with Crippen molar-refractivity contribution < 1.29 is 27.5 Å². The molecule has 0 radical (unpaired) electrons. The first-order chi connectivity index (χ1) is 13.6. The van der Waals surface area contributed by atoms with Gasteiger partial charge in [-0.25, -0.2) is 4.98 Å². The zero-order chi connectivity index (χ0) is 21.6. The Hall–Kier alpha value is -2.97. The summed E-state index contributed by atoms with van der Waals surface area (Å²) in [7, 11) is 0. The van der Waals surface area contributed by atoms with Gasteiger partial charge in [0.1, 0.15) is 5.78 Å². The maximum absolute atomic E-state index is 12.6. The van der Waals surface area contributed by atoms with Gasteiger partial charge < -0.3 is 10.1 Å². The molecule has 2 aromatic rings. The van der Waals surface area contributed by atoms with Crippen LogP contribution in [0.3, 0.4) is 0 Å². The van der Waals surface area contributed by atoms with Crippen LogP contribution in [0.15, 0.2) is 30.5 Å². The molecular weight excluding hydrogens is 387 g/mol. The van der Waals surface area contributed by atoms with Gasteiger partial charge in [-0.15, -0.1) is 0 Å². The highest BCUT2D eigenvalue weighted by molar-refractivity contribution is 5.95. The third kappa shape index (κ3) is 7.17. The summed E-state index contributed by atoms with van der Waals surface area (Å²) in [5.41, 5.74) is 2.13. The standard InChI is InChI=1S/C20H22F3N3O3/c1-4-17(27)9-16-8-15(7-12(2)25-16)19(28)26-13(3)14-5-6-18(24-10-14)29-11-20(21,22)23/h5-8,10,13H,4,9,11H2,1-3H3,(H,26,28). The lowest BCUT2D eigenvalue weighted by Crippen LogP contribution is -2.27. The largest absolute Gasteiger partial charge is 0.468 e. The number of rotatable bonds is 8. The summed E-state index contributed by atoms with van der Waals surface area (Å²) in [6.07, 6.45) is -2.54. The van der Waals surface area contributed by atoms with Crippen LogP contribution in [0.1, 0.15) is 53.6 Å². The molecular formula is C20H22F3N3O3. The Morgan fingerprint density at radius 3 is 2.55 bits per heavy atom. The van der Waals surface area contributed by atoms with Crippen molar-refractivity contribution in [3.63, 3.8) is 0 Å². The van der Waals surface area contributed by atoms with Crippen LogP contribution in [-0.2, 0) is 11.2 Å². The molecule has 2 aromatic heterocycles. The minimum absolute atomic E-state index is 0.0294. The van der Waals surface area contributed by atoms with E-state index in [1.54, 1.807) is 32.9 Å². The molecule has 6 nitrogen and oxygen atoms in total. The van der Waals surface area contributed by atoms with Crippen LogP contribution in [0.4, 0.5) is 13.2 Å². The van der Waals surface area contributed by atoms with Gasteiger partial charge >= 0.3 is 6.18 Å². The second kappa shape index (κ2) is 9.49. The van der Waals surface area contributed by atoms with Crippen molar-refractivity contribution in [1.82, 2.24) is 15.3 Å². The number of carbonyl (C=O) groups is 2. The van der Waals surface area contributed by atoms with E-state index in [1.807, 2.05) is 0 Å². The molecule has 0 fully saturated rings. The molecule has 0 aliphatic heterocycles. The van der Waals surface area contributed by atoms with Crippen LogP contribution in [0.25, 0.3) is 0 Å². The molecule has 2 heterocycles. The molecule has 0 saturated heterocycles. The first-order valence-electron chi connectivity index (χ1n) is 9.03. The summed E-state index contributed by atoms with van der Waals surface area (Å²) >= 11 is 0. The van der Waals surface area contributed by atoms with Crippen molar-refractivity contribution in [3.8, 4) is 5.88 Å². The number of nitrogens with one attached hydrogen (secondary N) is 1. The van der Waals surface area contributed by atoms with Gasteiger partial charge in [0.15, 0.2) is 6.61 Å². The van der Waals surface area contributed by atoms with Gasteiger partial charge in [-0.3, -0.25) is 14.6 Å². The van der Waals surface area contributed by atoms with Gasteiger partial charge in [0.05, 0.1) is 6.04 Å². The van der Waals surface area contributed by atoms with Crippen LogP contribution >= 0.6 is 0 Å².